The van der Waals surface area contributed by atoms with Gasteiger partial charge in [0.1, 0.15) is 0 Å². The van der Waals surface area contributed by atoms with Crippen LogP contribution in [0.5, 0.6) is 0 Å². The number of hydrogen-bond donors (Lipinski definition) is 1. The second kappa shape index (κ2) is 6.49. The van der Waals surface area contributed by atoms with Crippen molar-refractivity contribution in [3.05, 3.63) is 97.1 Å². The molecule has 0 saturated heterocycles. The van der Waals surface area contributed by atoms with Crippen molar-refractivity contribution in [1.29, 1.82) is 0 Å². The first-order valence-corrected chi connectivity index (χ1v) is 10.4. The molecule has 0 aliphatic heterocycles. The van der Waals surface area contributed by atoms with Crippen molar-refractivity contribution in [2.75, 3.05) is 0 Å². The summed E-state index contributed by atoms with van der Waals surface area (Å²) in [6.07, 6.45) is 0. The molecular formula is C24H17NSe. The van der Waals surface area contributed by atoms with Crippen LogP contribution < -0.4 is 8.92 Å². The summed E-state index contributed by atoms with van der Waals surface area (Å²) in [4.78, 5) is 3.71. The third-order valence-electron chi connectivity index (χ3n) is 4.68. The standard InChI is InChI=1S/C24H17NSe/c1-2-11-18(12-3-1)26-24-21-14-6-7-16-22(21)25-23(24)20-15-8-10-17-9-4-5-13-19(17)20/h1-16,25H. The van der Waals surface area contributed by atoms with E-state index in [1.807, 2.05) is 0 Å². The van der Waals surface area contributed by atoms with E-state index in [4.69, 9.17) is 0 Å². The van der Waals surface area contributed by atoms with Crippen molar-refractivity contribution in [1.82, 2.24) is 4.98 Å². The van der Waals surface area contributed by atoms with Gasteiger partial charge in [-0.3, -0.25) is 0 Å². The molecule has 4 aromatic carbocycles. The Balaban J connectivity index is 1.78. The molecule has 0 bridgehead atoms. The Hall–Kier alpha value is -2.80. The maximum atomic E-state index is 3.71. The van der Waals surface area contributed by atoms with Crippen molar-refractivity contribution in [2.24, 2.45) is 0 Å². The van der Waals surface area contributed by atoms with E-state index in [-0.39, 0.29) is 15.0 Å². The van der Waals surface area contributed by atoms with E-state index in [0.717, 1.165) is 0 Å². The number of H-pyrrole nitrogens is 1. The first kappa shape index (κ1) is 15.5. The number of nitrogens with one attached hydrogen (secondary N) is 1. The van der Waals surface area contributed by atoms with Crippen molar-refractivity contribution in [2.45, 2.75) is 0 Å². The van der Waals surface area contributed by atoms with Crippen molar-refractivity contribution < 1.29 is 0 Å². The van der Waals surface area contributed by atoms with Crippen LogP contribution in [0.15, 0.2) is 97.1 Å². The number of aromatic nitrogens is 1. The molecule has 0 aliphatic carbocycles. The molecule has 0 saturated carbocycles. The van der Waals surface area contributed by atoms with E-state index in [1.165, 1.54) is 41.9 Å². The molecule has 5 aromatic rings. The van der Waals surface area contributed by atoms with Gasteiger partial charge in [-0.1, -0.05) is 0 Å². The van der Waals surface area contributed by atoms with Crippen LogP contribution >= 0.6 is 0 Å². The fourth-order valence-corrected chi connectivity index (χ4v) is 5.73. The zero-order valence-electron chi connectivity index (χ0n) is 14.1. The number of hydrogen-bond acceptors (Lipinski definition) is 0. The van der Waals surface area contributed by atoms with Gasteiger partial charge in [-0.2, -0.15) is 0 Å². The molecule has 26 heavy (non-hydrogen) atoms. The van der Waals surface area contributed by atoms with Gasteiger partial charge in [-0.05, 0) is 0 Å². The average Bonchev–Trinajstić information content (AvgIpc) is 3.07. The molecule has 2 heteroatoms. The molecule has 0 atom stereocenters. The Labute approximate surface area is 158 Å². The second-order valence-electron chi connectivity index (χ2n) is 6.32. The van der Waals surface area contributed by atoms with Crippen LogP contribution in [0.3, 0.4) is 0 Å². The molecule has 1 nitrogen and oxygen atoms in total. The van der Waals surface area contributed by atoms with E-state index in [0.29, 0.717) is 0 Å². The fraction of sp³-hybridized carbons (Fsp3) is 0. The van der Waals surface area contributed by atoms with Gasteiger partial charge in [0.25, 0.3) is 0 Å². The molecule has 1 heterocycles. The summed E-state index contributed by atoms with van der Waals surface area (Å²) in [7, 11) is 0. The Morgan fingerprint density at radius 1 is 0.577 bits per heavy atom. The molecule has 1 aromatic heterocycles. The van der Waals surface area contributed by atoms with Crippen molar-refractivity contribution in [3.63, 3.8) is 0 Å². The van der Waals surface area contributed by atoms with Gasteiger partial charge in [0.2, 0.25) is 0 Å². The van der Waals surface area contributed by atoms with Crippen LogP contribution in [0.4, 0.5) is 0 Å². The molecule has 1 N–H and O–H groups in total. The van der Waals surface area contributed by atoms with Crippen molar-refractivity contribution in [3.8, 4) is 11.3 Å². The van der Waals surface area contributed by atoms with Gasteiger partial charge in [0.15, 0.2) is 0 Å². The molecular weight excluding hydrogens is 381 g/mol. The van der Waals surface area contributed by atoms with Crippen LogP contribution in [-0.4, -0.2) is 19.9 Å². The third kappa shape index (κ3) is 2.64. The SMILES string of the molecule is c1ccc([Se]c2c(-c3cccc4ccccc34)[nH]c3ccccc23)cc1. The minimum atomic E-state index is 0.243. The van der Waals surface area contributed by atoms with E-state index in [2.05, 4.69) is 102 Å². The van der Waals surface area contributed by atoms with Gasteiger partial charge >= 0.3 is 159 Å². The molecule has 0 amide bonds. The fourth-order valence-electron chi connectivity index (χ4n) is 3.46. The predicted molar refractivity (Wildman–Crippen MR) is 113 cm³/mol. The summed E-state index contributed by atoms with van der Waals surface area (Å²) in [5.74, 6) is 0. The average molecular weight is 398 g/mol. The van der Waals surface area contributed by atoms with E-state index in [1.54, 1.807) is 0 Å². The normalized spacial score (nSPS) is 11.2. The number of aromatic amines is 1. The topological polar surface area (TPSA) is 15.8 Å². The maximum absolute atomic E-state index is 3.71. The molecule has 124 valence electrons. The molecule has 0 aliphatic rings. The molecule has 0 spiro atoms. The Kier molecular flexibility index (Phi) is 3.86. The van der Waals surface area contributed by atoms with Crippen LogP contribution in [0.2, 0.25) is 0 Å². The molecule has 5 rings (SSSR count). The summed E-state index contributed by atoms with van der Waals surface area (Å²) in [6.45, 7) is 0. The van der Waals surface area contributed by atoms with E-state index < -0.39 is 0 Å². The van der Waals surface area contributed by atoms with Gasteiger partial charge in [-0.25, -0.2) is 0 Å². The van der Waals surface area contributed by atoms with Crippen molar-refractivity contribution >= 4 is 45.6 Å². The zero-order valence-corrected chi connectivity index (χ0v) is 15.9. The Bertz CT molecular complexity index is 1200. The summed E-state index contributed by atoms with van der Waals surface area (Å²) in [5, 5.41) is 3.91. The van der Waals surface area contributed by atoms with Crippen LogP contribution in [0, 0.1) is 0 Å². The predicted octanol–water partition coefficient (Wildman–Crippen LogP) is 4.64. The Morgan fingerprint density at radius 3 is 2.15 bits per heavy atom. The number of benzene rings is 4. The van der Waals surface area contributed by atoms with Crippen LogP contribution in [0.25, 0.3) is 32.9 Å². The van der Waals surface area contributed by atoms with Crippen LogP contribution in [0.1, 0.15) is 0 Å². The van der Waals surface area contributed by atoms with E-state index >= 15 is 0 Å². The van der Waals surface area contributed by atoms with Gasteiger partial charge < -0.3 is 0 Å². The quantitative estimate of drug-likeness (QED) is 0.426. The summed E-state index contributed by atoms with van der Waals surface area (Å²) in [5.41, 5.74) is 3.75. The number of rotatable bonds is 3. The Morgan fingerprint density at radius 2 is 1.27 bits per heavy atom. The summed E-state index contributed by atoms with van der Waals surface area (Å²) < 4.78 is 2.82. The molecule has 0 unspecified atom stereocenters. The number of para-hydroxylation sites is 1. The monoisotopic (exact) mass is 399 g/mol. The number of fused-ring (bicyclic) bond motifs is 2. The zero-order chi connectivity index (χ0) is 17.3. The summed E-state index contributed by atoms with van der Waals surface area (Å²) >= 11 is 0.243. The minimum absolute atomic E-state index is 0.243. The first-order chi connectivity index (χ1) is 12.9. The first-order valence-electron chi connectivity index (χ1n) is 8.72. The van der Waals surface area contributed by atoms with Gasteiger partial charge in [-0.15, -0.1) is 0 Å². The van der Waals surface area contributed by atoms with Gasteiger partial charge in [0.05, 0.1) is 0 Å². The van der Waals surface area contributed by atoms with Crippen LogP contribution in [-0.2, 0) is 0 Å². The summed E-state index contributed by atoms with van der Waals surface area (Å²) in [6, 6.07) is 34.6. The van der Waals surface area contributed by atoms with Gasteiger partial charge in [0, 0.05) is 0 Å². The molecule has 0 fully saturated rings. The third-order valence-corrected chi connectivity index (χ3v) is 7.06. The van der Waals surface area contributed by atoms with E-state index in [9.17, 15) is 0 Å². The second-order valence-corrected chi connectivity index (χ2v) is 8.59. The molecule has 0 radical (unpaired) electrons.